The highest BCUT2D eigenvalue weighted by Gasteiger charge is 2.31. The number of hydrogen-bond acceptors (Lipinski definition) is 3. The number of sulfone groups is 1. The lowest BCUT2D eigenvalue weighted by atomic mass is 9.69. The Hall–Kier alpha value is -0.0900. The fourth-order valence-corrected chi connectivity index (χ4v) is 3.30. The van der Waals surface area contributed by atoms with Crippen LogP contribution in [0.5, 0.6) is 0 Å². The summed E-state index contributed by atoms with van der Waals surface area (Å²) < 4.78 is 22.1. The van der Waals surface area contributed by atoms with E-state index in [1.54, 1.807) is 0 Å². The van der Waals surface area contributed by atoms with E-state index in [1.165, 1.54) is 38.4 Å². The summed E-state index contributed by atoms with van der Waals surface area (Å²) in [6.07, 6.45) is 7.48. The molecule has 1 aliphatic carbocycles. The van der Waals surface area contributed by atoms with Crippen LogP contribution in [-0.4, -0.2) is 33.0 Å². The fraction of sp³-hybridized carbons (Fsp3) is 1.00. The van der Waals surface area contributed by atoms with Crippen LogP contribution in [0.1, 0.15) is 52.9 Å². The SMILES string of the molecule is CCC(C)(C)C1CCC(NCCS(C)(=O)=O)CC1. The van der Waals surface area contributed by atoms with Gasteiger partial charge in [0.1, 0.15) is 9.84 Å². The molecule has 0 bridgehead atoms. The average molecular weight is 275 g/mol. The topological polar surface area (TPSA) is 46.2 Å². The number of hydrogen-bond donors (Lipinski definition) is 1. The second-order valence-electron chi connectivity index (χ2n) is 6.47. The normalized spacial score (nSPS) is 26.2. The van der Waals surface area contributed by atoms with Gasteiger partial charge in [0.05, 0.1) is 5.75 Å². The molecule has 1 fully saturated rings. The molecule has 1 N–H and O–H groups in total. The summed E-state index contributed by atoms with van der Waals surface area (Å²) >= 11 is 0. The Kier molecular flexibility index (Phi) is 5.66. The van der Waals surface area contributed by atoms with Crippen molar-refractivity contribution in [3.05, 3.63) is 0 Å². The monoisotopic (exact) mass is 275 g/mol. The molecular formula is C14H29NO2S. The van der Waals surface area contributed by atoms with E-state index in [0.717, 1.165) is 5.92 Å². The predicted molar refractivity (Wildman–Crippen MR) is 77.5 cm³/mol. The molecule has 0 heterocycles. The smallest absolute Gasteiger partial charge is 0.148 e. The van der Waals surface area contributed by atoms with E-state index in [2.05, 4.69) is 26.1 Å². The minimum atomic E-state index is -2.83. The highest BCUT2D eigenvalue weighted by molar-refractivity contribution is 7.90. The van der Waals surface area contributed by atoms with Crippen LogP contribution >= 0.6 is 0 Å². The summed E-state index contributed by atoms with van der Waals surface area (Å²) in [5, 5.41) is 3.39. The summed E-state index contributed by atoms with van der Waals surface area (Å²) in [4.78, 5) is 0. The molecule has 18 heavy (non-hydrogen) atoms. The van der Waals surface area contributed by atoms with E-state index < -0.39 is 9.84 Å². The molecule has 1 aliphatic rings. The van der Waals surface area contributed by atoms with Crippen LogP contribution in [0.3, 0.4) is 0 Å². The van der Waals surface area contributed by atoms with Gasteiger partial charge in [0.2, 0.25) is 0 Å². The van der Waals surface area contributed by atoms with Gasteiger partial charge in [0, 0.05) is 18.8 Å². The summed E-state index contributed by atoms with van der Waals surface area (Å²) in [7, 11) is -2.83. The largest absolute Gasteiger partial charge is 0.313 e. The van der Waals surface area contributed by atoms with Crippen molar-refractivity contribution >= 4 is 9.84 Å². The van der Waals surface area contributed by atoms with Crippen molar-refractivity contribution in [2.24, 2.45) is 11.3 Å². The minimum Gasteiger partial charge on any atom is -0.313 e. The van der Waals surface area contributed by atoms with Crippen molar-refractivity contribution in [1.29, 1.82) is 0 Å². The number of nitrogens with one attached hydrogen (secondary N) is 1. The summed E-state index contributed by atoms with van der Waals surface area (Å²) in [6, 6.07) is 0.524. The van der Waals surface area contributed by atoms with Crippen molar-refractivity contribution < 1.29 is 8.42 Å². The lowest BCUT2D eigenvalue weighted by molar-refractivity contribution is 0.137. The molecular weight excluding hydrogens is 246 g/mol. The first kappa shape index (κ1) is 16.0. The zero-order chi connectivity index (χ0) is 13.8. The van der Waals surface area contributed by atoms with Crippen LogP contribution in [0, 0.1) is 11.3 Å². The van der Waals surface area contributed by atoms with Crippen molar-refractivity contribution in [1.82, 2.24) is 5.32 Å². The molecule has 0 amide bonds. The maximum Gasteiger partial charge on any atom is 0.148 e. The molecule has 0 saturated heterocycles. The van der Waals surface area contributed by atoms with Crippen LogP contribution < -0.4 is 5.32 Å². The molecule has 0 atom stereocenters. The molecule has 0 aliphatic heterocycles. The maximum absolute atomic E-state index is 11.1. The van der Waals surface area contributed by atoms with Crippen LogP contribution in [0.25, 0.3) is 0 Å². The Morgan fingerprint density at radius 1 is 1.17 bits per heavy atom. The molecule has 0 aromatic rings. The van der Waals surface area contributed by atoms with Crippen molar-refractivity contribution in [2.45, 2.75) is 58.9 Å². The Labute approximate surface area is 113 Å². The second kappa shape index (κ2) is 6.38. The maximum atomic E-state index is 11.1. The predicted octanol–water partition coefficient (Wildman–Crippen LogP) is 2.62. The van der Waals surface area contributed by atoms with E-state index >= 15 is 0 Å². The van der Waals surface area contributed by atoms with Crippen molar-refractivity contribution in [3.8, 4) is 0 Å². The van der Waals surface area contributed by atoms with E-state index in [4.69, 9.17) is 0 Å². The Morgan fingerprint density at radius 2 is 1.72 bits per heavy atom. The lowest BCUT2D eigenvalue weighted by Gasteiger charge is -2.39. The zero-order valence-electron chi connectivity index (χ0n) is 12.3. The Morgan fingerprint density at radius 3 is 2.17 bits per heavy atom. The first-order chi connectivity index (χ1) is 8.24. The zero-order valence-corrected chi connectivity index (χ0v) is 13.1. The first-order valence-corrected chi connectivity index (χ1v) is 9.22. The molecule has 3 nitrogen and oxygen atoms in total. The standard InChI is InChI=1S/C14H29NO2S/c1-5-14(2,3)12-6-8-13(9-7-12)15-10-11-18(4,16)17/h12-13,15H,5-11H2,1-4H3. The van der Waals surface area contributed by atoms with Crippen molar-refractivity contribution in [2.75, 3.05) is 18.6 Å². The van der Waals surface area contributed by atoms with Crippen LogP contribution in [-0.2, 0) is 9.84 Å². The van der Waals surface area contributed by atoms with Gasteiger partial charge < -0.3 is 5.32 Å². The van der Waals surface area contributed by atoms with Crippen LogP contribution in [0.15, 0.2) is 0 Å². The van der Waals surface area contributed by atoms with Gasteiger partial charge in [-0.1, -0.05) is 27.2 Å². The molecule has 0 unspecified atom stereocenters. The summed E-state index contributed by atoms with van der Waals surface area (Å²) in [5.41, 5.74) is 0.456. The molecule has 0 spiro atoms. The Bertz CT molecular complexity index is 341. The number of rotatable bonds is 6. The summed E-state index contributed by atoms with van der Waals surface area (Å²) in [6.45, 7) is 7.62. The van der Waals surface area contributed by atoms with Gasteiger partial charge >= 0.3 is 0 Å². The lowest BCUT2D eigenvalue weighted by Crippen LogP contribution is -2.38. The van der Waals surface area contributed by atoms with Gasteiger partial charge in [0.15, 0.2) is 0 Å². The van der Waals surface area contributed by atoms with E-state index in [1.807, 2.05) is 0 Å². The van der Waals surface area contributed by atoms with Crippen LogP contribution in [0.2, 0.25) is 0 Å². The fourth-order valence-electron chi connectivity index (χ4n) is 2.82. The highest BCUT2D eigenvalue weighted by atomic mass is 32.2. The van der Waals surface area contributed by atoms with Gasteiger partial charge in [0.25, 0.3) is 0 Å². The molecule has 1 saturated carbocycles. The quantitative estimate of drug-likeness (QED) is 0.810. The van der Waals surface area contributed by atoms with Gasteiger partial charge in [-0.15, -0.1) is 0 Å². The third kappa shape index (κ3) is 5.27. The van der Waals surface area contributed by atoms with E-state index in [-0.39, 0.29) is 5.75 Å². The Balaban J connectivity index is 2.28. The molecule has 1 rings (SSSR count). The van der Waals surface area contributed by atoms with Gasteiger partial charge in [-0.3, -0.25) is 0 Å². The van der Waals surface area contributed by atoms with E-state index in [9.17, 15) is 8.42 Å². The third-order valence-electron chi connectivity index (χ3n) is 4.65. The molecule has 0 aromatic carbocycles. The van der Waals surface area contributed by atoms with Gasteiger partial charge in [-0.2, -0.15) is 0 Å². The van der Waals surface area contributed by atoms with Gasteiger partial charge in [-0.05, 0) is 37.0 Å². The molecule has 0 aromatic heterocycles. The van der Waals surface area contributed by atoms with Crippen LogP contribution in [0.4, 0.5) is 0 Å². The highest BCUT2D eigenvalue weighted by Crippen LogP contribution is 2.40. The molecule has 4 heteroatoms. The second-order valence-corrected chi connectivity index (χ2v) is 8.73. The average Bonchev–Trinajstić information content (AvgIpc) is 2.28. The molecule has 108 valence electrons. The first-order valence-electron chi connectivity index (χ1n) is 7.15. The third-order valence-corrected chi connectivity index (χ3v) is 5.60. The molecule has 0 radical (unpaired) electrons. The summed E-state index contributed by atoms with van der Waals surface area (Å²) in [5.74, 6) is 1.09. The van der Waals surface area contributed by atoms with E-state index in [0.29, 0.717) is 18.0 Å². The van der Waals surface area contributed by atoms with Crippen molar-refractivity contribution in [3.63, 3.8) is 0 Å². The minimum absolute atomic E-state index is 0.257. The van der Waals surface area contributed by atoms with Gasteiger partial charge in [-0.25, -0.2) is 8.42 Å².